The monoisotopic (exact) mass is 125 g/mol. The van der Waals surface area contributed by atoms with Crippen LogP contribution in [-0.2, 0) is 0 Å². The van der Waals surface area contributed by atoms with E-state index in [0.29, 0.717) is 5.56 Å². The maximum Gasteiger partial charge on any atom is 0.325 e. The van der Waals surface area contributed by atoms with E-state index in [9.17, 15) is 9.59 Å². The molecule has 0 saturated heterocycles. The van der Waals surface area contributed by atoms with Gasteiger partial charge in [-0.1, -0.05) is 0 Å². The number of nitrogens with one attached hydrogen (secondary N) is 2. The lowest BCUT2D eigenvalue weighted by Gasteiger charge is -1.84. The minimum Gasteiger partial charge on any atom is -0.314 e. The smallest absolute Gasteiger partial charge is 0.314 e. The summed E-state index contributed by atoms with van der Waals surface area (Å²) in [4.78, 5) is 25.3. The zero-order valence-corrected chi connectivity index (χ0v) is 4.89. The molecule has 1 aromatic heterocycles. The fraction of sp³-hybridized carbons (Fsp3) is 0.200. The van der Waals surface area contributed by atoms with Crippen molar-refractivity contribution in [3.63, 3.8) is 0 Å². The number of aromatic nitrogens is 2. The number of aryl methyl sites for hydroxylation is 1. The Bertz CT molecular complexity index is 309. The summed E-state index contributed by atoms with van der Waals surface area (Å²) in [7, 11) is 0. The van der Waals surface area contributed by atoms with Gasteiger partial charge in [0.05, 0.1) is 0 Å². The molecular formula is C5H6N2O2. The highest BCUT2D eigenvalue weighted by atomic mass is 16.1. The molecule has 4 heteroatoms. The molecule has 0 amide bonds. The average Bonchev–Trinajstić information content (AvgIpc) is 1.80. The maximum absolute atomic E-state index is 10.6. The molecular weight excluding hydrogens is 119 g/mol. The number of H-pyrrole nitrogens is 2. The van der Waals surface area contributed by atoms with Crippen molar-refractivity contribution in [1.29, 1.82) is 0 Å². The molecule has 0 unspecified atom stereocenters. The molecule has 0 bridgehead atoms. The zero-order chi connectivity index (χ0) is 6.85. The van der Waals surface area contributed by atoms with Crippen molar-refractivity contribution in [2.45, 2.75) is 6.92 Å². The Morgan fingerprint density at radius 2 is 2.11 bits per heavy atom. The first-order valence-electron chi connectivity index (χ1n) is 2.49. The van der Waals surface area contributed by atoms with Gasteiger partial charge in [-0.3, -0.25) is 9.78 Å². The first-order chi connectivity index (χ1) is 4.20. The topological polar surface area (TPSA) is 65.7 Å². The Morgan fingerprint density at radius 3 is 2.56 bits per heavy atom. The highest BCUT2D eigenvalue weighted by Gasteiger charge is 1.88. The molecule has 0 spiro atoms. The van der Waals surface area contributed by atoms with E-state index in [2.05, 4.69) is 9.97 Å². The van der Waals surface area contributed by atoms with E-state index in [1.807, 2.05) is 0 Å². The molecule has 0 aliphatic carbocycles. The molecule has 1 rings (SSSR count). The van der Waals surface area contributed by atoms with Gasteiger partial charge < -0.3 is 4.98 Å². The molecule has 1 heterocycles. The van der Waals surface area contributed by atoms with Crippen LogP contribution in [0.15, 0.2) is 15.8 Å². The van der Waals surface area contributed by atoms with Crippen LogP contribution >= 0.6 is 0 Å². The summed E-state index contributed by atoms with van der Waals surface area (Å²) in [5, 5.41) is 0. The zero-order valence-electron chi connectivity index (χ0n) is 4.89. The summed E-state index contributed by atoms with van der Waals surface area (Å²) in [6, 6.07) is 0. The molecule has 0 aliphatic rings. The minimum absolute atomic E-state index is 0.334. The van der Waals surface area contributed by atoms with Crippen molar-refractivity contribution in [2.75, 3.05) is 0 Å². The molecule has 0 saturated carbocycles. The fourth-order valence-electron chi connectivity index (χ4n) is 0.477. The van der Waals surface area contributed by atoms with Gasteiger partial charge in [-0.05, 0) is 6.92 Å². The molecule has 1 aromatic rings. The summed E-state index contributed by atoms with van der Waals surface area (Å²) < 4.78 is 0. The standard InChI is InChI=1S/C5H6N2O2/c1-3-2-6-5(9)7-4(3)8/h2H,1H3,(H2,6,7,8,9)/i5-1. The summed E-state index contributed by atoms with van der Waals surface area (Å²) in [6.45, 7) is 1.62. The van der Waals surface area contributed by atoms with E-state index >= 15 is 0 Å². The second-order valence-corrected chi connectivity index (χ2v) is 1.75. The highest BCUT2D eigenvalue weighted by molar-refractivity contribution is 4.98. The lowest BCUT2D eigenvalue weighted by molar-refractivity contribution is 1.01. The first kappa shape index (κ1) is 5.81. The van der Waals surface area contributed by atoms with Crippen LogP contribution in [0.3, 0.4) is 0 Å². The molecule has 48 valence electrons. The molecule has 0 atom stereocenters. The van der Waals surface area contributed by atoms with Crippen LogP contribution in [0.4, 0.5) is 0 Å². The Balaban J connectivity index is 3.52. The van der Waals surface area contributed by atoms with E-state index in [4.69, 9.17) is 0 Å². The van der Waals surface area contributed by atoms with Crippen LogP contribution in [0.1, 0.15) is 5.56 Å². The van der Waals surface area contributed by atoms with Gasteiger partial charge in [0.15, 0.2) is 0 Å². The van der Waals surface area contributed by atoms with Crippen LogP contribution in [0.25, 0.3) is 0 Å². The van der Waals surface area contributed by atoms with Crippen molar-refractivity contribution < 1.29 is 0 Å². The molecule has 0 aromatic carbocycles. The minimum atomic E-state index is -0.467. The maximum atomic E-state index is 10.6. The molecule has 0 aliphatic heterocycles. The van der Waals surface area contributed by atoms with E-state index in [-0.39, 0.29) is 5.56 Å². The summed E-state index contributed by atoms with van der Waals surface area (Å²) >= 11 is 0. The lowest BCUT2D eigenvalue weighted by atomic mass is 10.3. The number of aromatic amines is 2. The van der Waals surface area contributed by atoms with Crippen molar-refractivity contribution in [3.8, 4) is 0 Å². The van der Waals surface area contributed by atoms with Gasteiger partial charge in [0.2, 0.25) is 0 Å². The Morgan fingerprint density at radius 1 is 1.44 bits per heavy atom. The largest absolute Gasteiger partial charge is 0.325 e. The van der Waals surface area contributed by atoms with Crippen LogP contribution < -0.4 is 11.2 Å². The normalized spacial score (nSPS) is 9.44. The number of hydrogen-bond donors (Lipinski definition) is 2. The van der Waals surface area contributed by atoms with E-state index in [0.717, 1.165) is 0 Å². The van der Waals surface area contributed by atoms with E-state index < -0.39 is 5.69 Å². The molecule has 2 N–H and O–H groups in total. The Hall–Kier alpha value is -1.32. The average molecular weight is 125 g/mol. The third-order valence-corrected chi connectivity index (χ3v) is 1.00. The summed E-state index contributed by atoms with van der Waals surface area (Å²) in [5.41, 5.74) is -0.293. The van der Waals surface area contributed by atoms with E-state index in [1.54, 1.807) is 6.92 Å². The van der Waals surface area contributed by atoms with Gasteiger partial charge in [0, 0.05) is 11.8 Å². The predicted octanol–water partition coefficient (Wildman–Crippen LogP) is -0.628. The Kier molecular flexibility index (Phi) is 1.22. The van der Waals surface area contributed by atoms with Crippen molar-refractivity contribution in [1.82, 2.24) is 9.97 Å². The highest BCUT2D eigenvalue weighted by Crippen LogP contribution is 1.73. The van der Waals surface area contributed by atoms with Crippen LogP contribution in [0.5, 0.6) is 0 Å². The SMILES string of the molecule is Cc1c[nH][11c](=O)[nH]c1=O. The number of rotatable bonds is 0. The summed E-state index contributed by atoms with van der Waals surface area (Å²) in [6.07, 6.45) is 1.38. The van der Waals surface area contributed by atoms with Crippen LogP contribution in [-0.4, -0.2) is 9.97 Å². The van der Waals surface area contributed by atoms with Crippen molar-refractivity contribution in [3.05, 3.63) is 32.6 Å². The second kappa shape index (κ2) is 1.89. The van der Waals surface area contributed by atoms with Gasteiger partial charge in [0.25, 0.3) is 5.56 Å². The van der Waals surface area contributed by atoms with Gasteiger partial charge in [-0.25, -0.2) is 4.79 Å². The number of hydrogen-bond acceptors (Lipinski definition) is 2. The summed E-state index contributed by atoms with van der Waals surface area (Å²) in [5.74, 6) is 0. The third-order valence-electron chi connectivity index (χ3n) is 1.00. The van der Waals surface area contributed by atoms with Gasteiger partial charge in [0.1, 0.15) is 0 Å². The van der Waals surface area contributed by atoms with Crippen molar-refractivity contribution >= 4 is 0 Å². The Labute approximate surface area is 50.6 Å². The molecule has 9 heavy (non-hydrogen) atoms. The first-order valence-corrected chi connectivity index (χ1v) is 2.49. The molecule has 0 radical (unpaired) electrons. The molecule has 4 nitrogen and oxygen atoms in total. The lowest BCUT2D eigenvalue weighted by Crippen LogP contribution is -2.22. The van der Waals surface area contributed by atoms with Crippen LogP contribution in [0, 0.1) is 6.92 Å². The van der Waals surface area contributed by atoms with Gasteiger partial charge in [-0.15, -0.1) is 0 Å². The third kappa shape index (κ3) is 1.07. The fourth-order valence-corrected chi connectivity index (χ4v) is 0.477. The second-order valence-electron chi connectivity index (χ2n) is 1.75. The molecule has 0 fully saturated rings. The van der Waals surface area contributed by atoms with E-state index in [1.165, 1.54) is 6.20 Å². The predicted molar refractivity (Wildman–Crippen MR) is 32.4 cm³/mol. The van der Waals surface area contributed by atoms with Gasteiger partial charge >= 0.3 is 5.69 Å². The quantitative estimate of drug-likeness (QED) is 0.485. The van der Waals surface area contributed by atoms with Crippen molar-refractivity contribution in [2.24, 2.45) is 0 Å². The van der Waals surface area contributed by atoms with Crippen LogP contribution in [0.2, 0.25) is 0 Å². The van der Waals surface area contributed by atoms with Gasteiger partial charge in [-0.2, -0.15) is 0 Å².